The van der Waals surface area contributed by atoms with Gasteiger partial charge in [-0.05, 0) is 77.0 Å². The van der Waals surface area contributed by atoms with Crippen LogP contribution >= 0.6 is 45.8 Å². The lowest BCUT2D eigenvalue weighted by Gasteiger charge is -2.24. The molecule has 0 radical (unpaired) electrons. The fraction of sp³-hybridized carbons (Fsp3) is 0.182. The van der Waals surface area contributed by atoms with Gasteiger partial charge in [-0.2, -0.15) is 0 Å². The van der Waals surface area contributed by atoms with Crippen LogP contribution in [0.3, 0.4) is 0 Å². The first-order valence-electron chi connectivity index (χ1n) is 8.64. The van der Waals surface area contributed by atoms with Gasteiger partial charge in [0.25, 0.3) is 0 Å². The lowest BCUT2D eigenvalue weighted by Crippen LogP contribution is -2.15. The molecule has 0 heterocycles. The second-order valence-electron chi connectivity index (χ2n) is 6.54. The summed E-state index contributed by atoms with van der Waals surface area (Å²) in [5.41, 5.74) is 4.04. The molecule has 3 aromatic carbocycles. The molecule has 2 unspecified atom stereocenters. The molecule has 3 aromatic rings. The molecule has 0 aliphatic heterocycles. The molecule has 0 bridgehead atoms. The second-order valence-corrected chi connectivity index (χ2v) is 8.60. The van der Waals surface area contributed by atoms with Gasteiger partial charge in [-0.15, -0.1) is 0 Å². The minimum atomic E-state index is -0.596. The van der Waals surface area contributed by atoms with Gasteiger partial charge in [0.15, 0.2) is 0 Å². The summed E-state index contributed by atoms with van der Waals surface area (Å²) < 4.78 is 1.17. The molecule has 27 heavy (non-hydrogen) atoms. The Labute approximate surface area is 183 Å². The standard InChI is InChI=1S/C22H20Cl2INO/c1-14-2-4-15(5-3-14)22(27)13-21(16-6-11-19(23)20(24)12-16)26-18-9-7-17(25)8-10-18/h2-12,21-22,26-27H,13H2,1H3. The normalized spacial score (nSPS) is 13.2. The Bertz CT molecular complexity index is 897. The van der Waals surface area contributed by atoms with Crippen molar-refractivity contribution >= 4 is 51.5 Å². The van der Waals surface area contributed by atoms with Crippen LogP contribution in [0.2, 0.25) is 10.0 Å². The fourth-order valence-electron chi connectivity index (χ4n) is 2.90. The number of aryl methyl sites for hydroxylation is 1. The topological polar surface area (TPSA) is 32.3 Å². The molecule has 0 saturated carbocycles. The lowest BCUT2D eigenvalue weighted by atomic mass is 9.96. The summed E-state index contributed by atoms with van der Waals surface area (Å²) in [5.74, 6) is 0. The monoisotopic (exact) mass is 511 g/mol. The highest BCUT2D eigenvalue weighted by Gasteiger charge is 2.19. The van der Waals surface area contributed by atoms with Gasteiger partial charge in [0.05, 0.1) is 22.2 Å². The number of nitrogens with one attached hydrogen (secondary N) is 1. The third-order valence-corrected chi connectivity index (χ3v) is 5.91. The zero-order valence-corrected chi connectivity index (χ0v) is 18.5. The highest BCUT2D eigenvalue weighted by molar-refractivity contribution is 14.1. The molecule has 5 heteroatoms. The van der Waals surface area contributed by atoms with E-state index in [1.165, 1.54) is 9.13 Å². The van der Waals surface area contributed by atoms with Gasteiger partial charge in [-0.25, -0.2) is 0 Å². The van der Waals surface area contributed by atoms with E-state index in [2.05, 4.69) is 27.9 Å². The summed E-state index contributed by atoms with van der Waals surface area (Å²) in [6, 6.07) is 21.6. The third-order valence-electron chi connectivity index (χ3n) is 4.45. The molecule has 0 amide bonds. The molecule has 2 nitrogen and oxygen atoms in total. The van der Waals surface area contributed by atoms with Crippen LogP contribution in [0.25, 0.3) is 0 Å². The minimum Gasteiger partial charge on any atom is -0.388 e. The average Bonchev–Trinajstić information content (AvgIpc) is 2.65. The largest absolute Gasteiger partial charge is 0.388 e. The van der Waals surface area contributed by atoms with E-state index < -0.39 is 6.10 Å². The molecular formula is C22H20Cl2INO. The Morgan fingerprint density at radius 2 is 1.52 bits per heavy atom. The molecule has 2 atom stereocenters. The van der Waals surface area contributed by atoms with Crippen LogP contribution < -0.4 is 5.32 Å². The molecule has 0 fully saturated rings. The van der Waals surface area contributed by atoms with Crippen LogP contribution in [0.1, 0.15) is 35.3 Å². The molecular weight excluding hydrogens is 492 g/mol. The molecule has 0 aromatic heterocycles. The first kappa shape index (κ1) is 20.5. The van der Waals surface area contributed by atoms with Crippen molar-refractivity contribution in [1.82, 2.24) is 0 Å². The Kier molecular flexibility index (Phi) is 7.04. The van der Waals surface area contributed by atoms with Gasteiger partial charge in [0.1, 0.15) is 0 Å². The predicted molar refractivity (Wildman–Crippen MR) is 123 cm³/mol. The van der Waals surface area contributed by atoms with E-state index >= 15 is 0 Å². The van der Waals surface area contributed by atoms with E-state index in [0.717, 1.165) is 16.8 Å². The number of benzene rings is 3. The molecule has 2 N–H and O–H groups in total. The summed E-state index contributed by atoms with van der Waals surface area (Å²) >= 11 is 14.6. The highest BCUT2D eigenvalue weighted by atomic mass is 127. The van der Waals surface area contributed by atoms with Gasteiger partial charge < -0.3 is 10.4 Å². The van der Waals surface area contributed by atoms with E-state index in [4.69, 9.17) is 23.2 Å². The molecule has 3 rings (SSSR count). The number of aliphatic hydroxyl groups excluding tert-OH is 1. The fourth-order valence-corrected chi connectivity index (χ4v) is 3.57. The maximum absolute atomic E-state index is 10.8. The summed E-state index contributed by atoms with van der Waals surface area (Å²) in [7, 11) is 0. The van der Waals surface area contributed by atoms with Crippen LogP contribution in [0, 0.1) is 10.5 Å². The molecule has 0 aliphatic carbocycles. The van der Waals surface area contributed by atoms with Crippen molar-refractivity contribution in [1.29, 1.82) is 0 Å². The quantitative estimate of drug-likeness (QED) is 0.343. The Morgan fingerprint density at radius 3 is 2.15 bits per heavy atom. The third kappa shape index (κ3) is 5.61. The van der Waals surface area contributed by atoms with Crippen LogP contribution in [0.5, 0.6) is 0 Å². The van der Waals surface area contributed by atoms with E-state index in [1.54, 1.807) is 6.07 Å². The van der Waals surface area contributed by atoms with E-state index in [-0.39, 0.29) is 6.04 Å². The molecule has 0 spiro atoms. The van der Waals surface area contributed by atoms with Gasteiger partial charge in [-0.1, -0.05) is 59.1 Å². The summed E-state index contributed by atoms with van der Waals surface area (Å²) in [5, 5.41) is 15.3. The van der Waals surface area contributed by atoms with Crippen molar-refractivity contribution in [3.8, 4) is 0 Å². The molecule has 140 valence electrons. The van der Waals surface area contributed by atoms with Crippen molar-refractivity contribution in [2.24, 2.45) is 0 Å². The van der Waals surface area contributed by atoms with E-state index in [0.29, 0.717) is 16.5 Å². The van der Waals surface area contributed by atoms with E-state index in [9.17, 15) is 5.11 Å². The highest BCUT2D eigenvalue weighted by Crippen LogP contribution is 2.33. The van der Waals surface area contributed by atoms with Crippen molar-refractivity contribution in [2.75, 3.05) is 5.32 Å². The van der Waals surface area contributed by atoms with Gasteiger partial charge >= 0.3 is 0 Å². The van der Waals surface area contributed by atoms with Crippen molar-refractivity contribution in [3.63, 3.8) is 0 Å². The SMILES string of the molecule is Cc1ccc(C(O)CC(Nc2ccc(I)cc2)c2ccc(Cl)c(Cl)c2)cc1. The number of aliphatic hydroxyl groups is 1. The Hall–Kier alpha value is -1.27. The Balaban J connectivity index is 1.87. The first-order valence-corrected chi connectivity index (χ1v) is 10.5. The number of rotatable bonds is 6. The van der Waals surface area contributed by atoms with Crippen LogP contribution in [-0.4, -0.2) is 5.11 Å². The van der Waals surface area contributed by atoms with Gasteiger partial charge in [-0.3, -0.25) is 0 Å². The molecule has 0 aliphatic rings. The van der Waals surface area contributed by atoms with Crippen molar-refractivity contribution in [2.45, 2.75) is 25.5 Å². The number of hydrogen-bond acceptors (Lipinski definition) is 2. The van der Waals surface area contributed by atoms with Crippen LogP contribution in [0.4, 0.5) is 5.69 Å². The van der Waals surface area contributed by atoms with Crippen molar-refractivity contribution in [3.05, 3.63) is 97.0 Å². The second kappa shape index (κ2) is 9.28. The zero-order valence-electron chi connectivity index (χ0n) is 14.8. The first-order chi connectivity index (χ1) is 12.9. The number of hydrogen-bond donors (Lipinski definition) is 2. The van der Waals surface area contributed by atoms with Gasteiger partial charge in [0, 0.05) is 15.7 Å². The minimum absolute atomic E-state index is 0.115. The van der Waals surface area contributed by atoms with Gasteiger partial charge in [0.2, 0.25) is 0 Å². The van der Waals surface area contributed by atoms with E-state index in [1.807, 2.05) is 67.6 Å². The summed E-state index contributed by atoms with van der Waals surface area (Å²) in [6.07, 6.45) is -0.0890. The predicted octanol–water partition coefficient (Wildman–Crippen LogP) is 7.18. The number of anilines is 1. The summed E-state index contributed by atoms with van der Waals surface area (Å²) in [4.78, 5) is 0. The maximum Gasteiger partial charge on any atom is 0.0812 e. The van der Waals surface area contributed by atoms with Crippen LogP contribution in [0.15, 0.2) is 66.7 Å². The number of halogens is 3. The maximum atomic E-state index is 10.8. The summed E-state index contributed by atoms with van der Waals surface area (Å²) in [6.45, 7) is 2.03. The Morgan fingerprint density at radius 1 is 0.889 bits per heavy atom. The molecule has 0 saturated heterocycles. The smallest absolute Gasteiger partial charge is 0.0812 e. The lowest BCUT2D eigenvalue weighted by molar-refractivity contribution is 0.160. The van der Waals surface area contributed by atoms with Crippen LogP contribution in [-0.2, 0) is 0 Å². The average molecular weight is 512 g/mol. The van der Waals surface area contributed by atoms with Crippen molar-refractivity contribution < 1.29 is 5.11 Å². The zero-order chi connectivity index (χ0) is 19.4.